The maximum absolute atomic E-state index is 12.6. The van der Waals surface area contributed by atoms with Crippen molar-refractivity contribution < 1.29 is 77.4 Å². The van der Waals surface area contributed by atoms with Crippen LogP contribution in [-0.2, 0) is 17.4 Å². The zero-order valence-electron chi connectivity index (χ0n) is 61.2. The van der Waals surface area contributed by atoms with Crippen LogP contribution >= 0.6 is 46.4 Å². The van der Waals surface area contributed by atoms with Gasteiger partial charge in [-0.25, -0.2) is 24.0 Å². The molecule has 0 aromatic heterocycles. The van der Waals surface area contributed by atoms with Crippen molar-refractivity contribution in [1.82, 2.24) is 0 Å². The van der Waals surface area contributed by atoms with Gasteiger partial charge in [-0.3, -0.25) is 9.59 Å². The van der Waals surface area contributed by atoms with Gasteiger partial charge < -0.3 is 63.0 Å². The van der Waals surface area contributed by atoms with E-state index in [-0.39, 0.29) is 57.1 Å². The van der Waals surface area contributed by atoms with Crippen LogP contribution < -0.4 is 32.3 Å². The Morgan fingerprint density at radius 1 is 0.345 bits per heavy atom. The number of hydrogen-bond acceptors (Lipinski definition) is 13. The molecule has 0 spiro atoms. The third-order valence-corrected chi connectivity index (χ3v) is 18.5. The lowest BCUT2D eigenvalue weighted by molar-refractivity contribution is -0.138. The number of anilines is 11. The predicted molar refractivity (Wildman–Crippen MR) is 441 cm³/mol. The number of rotatable bonds is 19. The second-order valence-electron chi connectivity index (χ2n) is 24.7. The molecule has 0 aliphatic rings. The van der Waals surface area contributed by atoms with E-state index in [1.807, 2.05) is 96.1 Å². The van der Waals surface area contributed by atoms with Crippen molar-refractivity contribution in [2.24, 2.45) is 0 Å². The van der Waals surface area contributed by atoms with E-state index < -0.39 is 47.6 Å². The van der Waals surface area contributed by atoms with Crippen LogP contribution in [-0.4, -0.2) is 72.2 Å². The Morgan fingerprint density at radius 2 is 0.664 bits per heavy atom. The molecule has 0 amide bonds. The lowest BCUT2D eigenvalue weighted by atomic mass is 9.98. The Bertz CT molecular complexity index is 5240. The smallest absolute Gasteiger partial charge is 0.416 e. The molecule has 0 atom stereocenters. The van der Waals surface area contributed by atoms with E-state index in [1.165, 1.54) is 47.5 Å². The Kier molecular flexibility index (Phi) is 31.7. The molecule has 19 nitrogen and oxygen atoms in total. The zero-order chi connectivity index (χ0) is 82.8. The van der Waals surface area contributed by atoms with Crippen LogP contribution in [0, 0.1) is 41.5 Å². The normalized spacial score (nSPS) is 10.3. The molecule has 12 aromatic carbocycles. The molecule has 0 aliphatic heterocycles. The number of hydrogen-bond donors (Lipinski definition) is 12. The lowest BCUT2D eigenvalue weighted by Gasteiger charge is -2.13. The summed E-state index contributed by atoms with van der Waals surface area (Å²) < 4.78 is 37.8. The molecular weight excluding hydrogens is 1540 g/mol. The second-order valence-corrected chi connectivity index (χ2v) is 26.3. The fourth-order valence-electron chi connectivity index (χ4n) is 10.6. The molecule has 113 heavy (non-hydrogen) atoms. The topological polar surface area (TPSA) is 327 Å². The van der Waals surface area contributed by atoms with Gasteiger partial charge in [0.2, 0.25) is 0 Å². The van der Waals surface area contributed by atoms with E-state index in [1.54, 1.807) is 152 Å². The Morgan fingerprint density at radius 3 is 1.03 bits per heavy atom. The van der Waals surface area contributed by atoms with Gasteiger partial charge in [-0.1, -0.05) is 192 Å². The average Bonchev–Trinajstić information content (AvgIpc) is 0.829. The van der Waals surface area contributed by atoms with Gasteiger partial charge >= 0.3 is 42.0 Å². The number of carbonyl (C=O) groups excluding carboxylic acids is 1. The first-order valence-electron chi connectivity index (χ1n) is 34.0. The number of aryl methyl sites for hydroxylation is 4. The number of alkyl halides is 3. The molecule has 580 valence electrons. The predicted octanol–water partition coefficient (Wildman–Crippen LogP) is 23.3. The molecule has 26 heteroatoms. The van der Waals surface area contributed by atoms with Crippen molar-refractivity contribution in [3.05, 3.63) is 358 Å². The summed E-state index contributed by atoms with van der Waals surface area (Å²) in [5, 5.41) is 71.2. The van der Waals surface area contributed by atoms with Crippen LogP contribution in [0.2, 0.25) is 20.1 Å². The number of nitrogen functional groups attached to an aromatic ring is 1. The van der Waals surface area contributed by atoms with E-state index >= 15 is 0 Å². The largest absolute Gasteiger partial charge is 0.481 e. The molecule has 0 bridgehead atoms. The van der Waals surface area contributed by atoms with Gasteiger partial charge in [0.1, 0.15) is 0 Å². The third-order valence-electron chi connectivity index (χ3n) is 16.9. The standard InChI is InChI=1S/C15H13NO3.2C15H15NO2.2C14H11Cl2NO2.C14H10F3NO2/c16-14-11(9-13(17)18)7-4-8-12(14)15(19)10-5-2-1-3-6-10;2*1-10-6-5-9-13(11(10)2)16-14-8-4-3-7-12(14)15(17)18;2*1-8-6-7-10(15)13(12(8)16)17-11-5-3-2-4-9(11)14(18)19;15-14(16,17)9-4-3-5-10(8-9)18-12-7-2-1-6-11(12)13(19)20/h1-8H,9,16H2,(H,17,18);2*3-9,16H,1-2H3,(H,17,18);2*2-7,17H,1H3,(H,18,19);1-8,18H,(H,19,20). The molecule has 0 radical (unpaired) electrons. The van der Waals surface area contributed by atoms with Crippen molar-refractivity contribution in [3.63, 3.8) is 0 Å². The Labute approximate surface area is 668 Å². The highest BCUT2D eigenvalue weighted by Gasteiger charge is 2.31. The molecule has 13 N–H and O–H groups in total. The van der Waals surface area contributed by atoms with Crippen LogP contribution in [0.3, 0.4) is 0 Å². The summed E-state index contributed by atoms with van der Waals surface area (Å²) in [6.07, 6.45) is -4.63. The molecule has 0 heterocycles. The number of aromatic carboxylic acids is 5. The first kappa shape index (κ1) is 87.1. The highest BCUT2D eigenvalue weighted by Crippen LogP contribution is 2.39. The van der Waals surface area contributed by atoms with Gasteiger partial charge in [0.25, 0.3) is 0 Å². The van der Waals surface area contributed by atoms with Crippen LogP contribution in [0.1, 0.15) is 112 Å². The lowest BCUT2D eigenvalue weighted by Crippen LogP contribution is -2.10. The van der Waals surface area contributed by atoms with Crippen molar-refractivity contribution >= 4 is 151 Å². The van der Waals surface area contributed by atoms with Gasteiger partial charge in [0.15, 0.2) is 5.78 Å². The molecule has 0 fully saturated rings. The van der Waals surface area contributed by atoms with Crippen molar-refractivity contribution in [2.45, 2.75) is 54.1 Å². The molecule has 12 rings (SSSR count). The first-order chi connectivity index (χ1) is 53.7. The van der Waals surface area contributed by atoms with E-state index in [0.717, 1.165) is 45.8 Å². The van der Waals surface area contributed by atoms with E-state index in [0.29, 0.717) is 70.9 Å². The Balaban J connectivity index is 0.000000188. The number of halogens is 7. The van der Waals surface area contributed by atoms with Gasteiger partial charge in [-0.05, 0) is 190 Å². The highest BCUT2D eigenvalue weighted by atomic mass is 35.5. The zero-order valence-corrected chi connectivity index (χ0v) is 64.2. The number of ketones is 1. The second kappa shape index (κ2) is 41.1. The third kappa shape index (κ3) is 24.7. The summed E-state index contributed by atoms with van der Waals surface area (Å²) in [5.41, 5.74) is 19.2. The summed E-state index contributed by atoms with van der Waals surface area (Å²) in [6, 6.07) is 70.1. The van der Waals surface area contributed by atoms with Crippen LogP contribution in [0.5, 0.6) is 0 Å². The summed E-state index contributed by atoms with van der Waals surface area (Å²) in [7, 11) is 0. The summed E-state index contributed by atoms with van der Waals surface area (Å²) >= 11 is 24.5. The van der Waals surface area contributed by atoms with Crippen LogP contribution in [0.25, 0.3) is 0 Å². The van der Waals surface area contributed by atoms with Gasteiger partial charge in [-0.2, -0.15) is 13.2 Å². The fraction of sp³-hybridized carbons (Fsp3) is 0.0920. The van der Waals surface area contributed by atoms with Crippen LogP contribution in [0.4, 0.5) is 75.7 Å². The SMILES string of the molecule is Cc1ccc(Cl)c(Nc2ccccc2C(=O)O)c1Cl.Cc1ccc(Cl)c(Nc2ccccc2C(=O)O)c1Cl.Cc1cccc(Nc2ccccc2C(=O)O)c1C.Cc1cccc(Nc2ccccc2C(=O)O)c1C.Nc1c(CC(=O)O)cccc1C(=O)c1ccccc1.O=C(O)c1ccccc1Nc1cccc(C(F)(F)F)c1. The number of carboxylic acid groups (broad SMARTS) is 6. The van der Waals surface area contributed by atoms with E-state index in [2.05, 4.69) is 26.6 Å². The minimum atomic E-state index is -4.44. The van der Waals surface area contributed by atoms with Gasteiger partial charge in [-0.15, -0.1) is 0 Å². The quantitative estimate of drug-likeness (QED) is 0.0264. The molecule has 12 aromatic rings. The maximum atomic E-state index is 12.6. The molecule has 0 saturated carbocycles. The number of carboxylic acids is 6. The molecular formula is C87H75Cl4F3N6O13. The summed E-state index contributed by atoms with van der Waals surface area (Å²) in [5.74, 6) is -6.21. The number of benzene rings is 12. The monoisotopic (exact) mass is 1610 g/mol. The Hall–Kier alpha value is -13.1. The van der Waals surface area contributed by atoms with E-state index in [4.69, 9.17) is 82.8 Å². The van der Waals surface area contributed by atoms with Crippen molar-refractivity contribution in [2.75, 3.05) is 32.3 Å². The highest BCUT2D eigenvalue weighted by molar-refractivity contribution is 6.40. The van der Waals surface area contributed by atoms with E-state index in [9.17, 15) is 46.7 Å². The summed E-state index contributed by atoms with van der Waals surface area (Å²) in [6.45, 7) is 11.8. The number of nitrogens with one attached hydrogen (secondary N) is 5. The number of para-hydroxylation sites is 6. The first-order valence-corrected chi connectivity index (χ1v) is 35.5. The number of nitrogens with two attached hydrogens (primary N) is 1. The van der Waals surface area contributed by atoms with Crippen molar-refractivity contribution in [3.8, 4) is 0 Å². The van der Waals surface area contributed by atoms with Gasteiger partial charge in [0.05, 0.1) is 99.7 Å². The van der Waals surface area contributed by atoms with Crippen LogP contribution in [0.15, 0.2) is 255 Å². The molecule has 0 unspecified atom stereocenters. The average molecular weight is 1610 g/mol. The minimum absolute atomic E-state index is 0.00934. The maximum Gasteiger partial charge on any atom is 0.416 e. The number of aliphatic carboxylic acids is 1. The summed E-state index contributed by atoms with van der Waals surface area (Å²) in [4.78, 5) is 78.6. The fourth-order valence-corrected chi connectivity index (χ4v) is 11.5. The molecule has 0 aliphatic carbocycles. The number of carbonyl (C=O) groups is 7. The minimum Gasteiger partial charge on any atom is -0.481 e. The molecule has 0 saturated heterocycles. The van der Waals surface area contributed by atoms with Gasteiger partial charge in [0, 0.05) is 33.9 Å². The van der Waals surface area contributed by atoms with Crippen molar-refractivity contribution in [1.29, 1.82) is 0 Å².